The minimum absolute atomic E-state index is 1.01. The van der Waals surface area contributed by atoms with E-state index in [9.17, 15) is 0 Å². The third kappa shape index (κ3) is 7.04. The van der Waals surface area contributed by atoms with Crippen molar-refractivity contribution in [3.05, 3.63) is 34.9 Å². The molecule has 2 heteroatoms. The molecule has 0 saturated carbocycles. The Balaban J connectivity index is 2.13. The second-order valence-corrected chi connectivity index (χ2v) is 5.85. The maximum absolute atomic E-state index is 3.53. The summed E-state index contributed by atoms with van der Waals surface area (Å²) in [6, 6.07) is 6.78. The van der Waals surface area contributed by atoms with Crippen LogP contribution in [0.3, 0.4) is 0 Å². The van der Waals surface area contributed by atoms with Crippen LogP contribution in [-0.4, -0.2) is 11.0 Å². The van der Waals surface area contributed by atoms with Gasteiger partial charge in [-0.2, -0.15) is 0 Å². The van der Waals surface area contributed by atoms with E-state index in [1.54, 1.807) is 0 Å². The van der Waals surface area contributed by atoms with Gasteiger partial charge in [0, 0.05) is 6.54 Å². The van der Waals surface area contributed by atoms with Gasteiger partial charge in [0.1, 0.15) is 0 Å². The molecule has 0 aliphatic rings. The molecule has 17 heavy (non-hydrogen) atoms. The highest BCUT2D eigenvalue weighted by Gasteiger charge is 1.96. The molecule has 0 fully saturated rings. The van der Waals surface area contributed by atoms with Crippen LogP contribution < -0.4 is 5.32 Å². The highest BCUT2D eigenvalue weighted by molar-refractivity contribution is 14.1. The summed E-state index contributed by atoms with van der Waals surface area (Å²) in [5.41, 5.74) is 4.14. The van der Waals surface area contributed by atoms with Gasteiger partial charge in [-0.25, -0.2) is 0 Å². The first kappa shape index (κ1) is 15.0. The van der Waals surface area contributed by atoms with E-state index in [-0.39, 0.29) is 0 Å². The van der Waals surface area contributed by atoms with Gasteiger partial charge in [0.25, 0.3) is 0 Å². The van der Waals surface area contributed by atoms with Crippen LogP contribution in [0.4, 0.5) is 0 Å². The topological polar surface area (TPSA) is 12.0 Å². The zero-order chi connectivity index (χ0) is 12.5. The van der Waals surface area contributed by atoms with Crippen LogP contribution in [0.2, 0.25) is 0 Å². The molecule has 96 valence electrons. The number of hydrogen-bond acceptors (Lipinski definition) is 1. The molecule has 0 aliphatic heterocycles. The smallest absolute Gasteiger partial charge is 0.0205 e. The Morgan fingerprint density at radius 2 is 1.59 bits per heavy atom. The van der Waals surface area contributed by atoms with Crippen LogP contribution in [0.15, 0.2) is 18.2 Å². The van der Waals surface area contributed by atoms with E-state index in [2.05, 4.69) is 60.0 Å². The molecular weight excluding hydrogens is 321 g/mol. The molecule has 0 saturated heterocycles. The molecule has 1 rings (SSSR count). The number of nitrogens with one attached hydrogen (secondary N) is 1. The summed E-state index contributed by atoms with van der Waals surface area (Å²) < 4.78 is 1.30. The lowest BCUT2D eigenvalue weighted by atomic mass is 10.1. The van der Waals surface area contributed by atoms with Gasteiger partial charge >= 0.3 is 0 Å². The fourth-order valence-corrected chi connectivity index (χ4v) is 2.64. The average molecular weight is 345 g/mol. The van der Waals surface area contributed by atoms with E-state index in [0.717, 1.165) is 13.1 Å². The molecule has 0 unspecified atom stereocenters. The van der Waals surface area contributed by atoms with Crippen LogP contribution in [0.5, 0.6) is 0 Å². The predicted molar refractivity (Wildman–Crippen MR) is 85.0 cm³/mol. The second kappa shape index (κ2) is 8.92. The van der Waals surface area contributed by atoms with E-state index >= 15 is 0 Å². The Hall–Kier alpha value is -0.0900. The van der Waals surface area contributed by atoms with E-state index in [0.29, 0.717) is 0 Å². The first-order valence-electron chi connectivity index (χ1n) is 6.56. The van der Waals surface area contributed by atoms with E-state index < -0.39 is 0 Å². The largest absolute Gasteiger partial charge is 0.313 e. The van der Waals surface area contributed by atoms with Crippen molar-refractivity contribution in [2.45, 2.75) is 46.1 Å². The summed E-state index contributed by atoms with van der Waals surface area (Å²) >= 11 is 2.45. The molecule has 0 atom stereocenters. The van der Waals surface area contributed by atoms with Crippen molar-refractivity contribution in [3.63, 3.8) is 0 Å². The summed E-state index contributed by atoms with van der Waals surface area (Å²) in [4.78, 5) is 0. The van der Waals surface area contributed by atoms with Gasteiger partial charge in [0.2, 0.25) is 0 Å². The standard InChI is InChI=1S/C15H24IN/c1-13-9-14(2)11-15(10-13)12-17-8-6-4-3-5-7-16/h9-11,17H,3-8,12H2,1-2H3. The zero-order valence-electron chi connectivity index (χ0n) is 11.1. The van der Waals surface area contributed by atoms with Crippen LogP contribution >= 0.6 is 22.6 Å². The maximum atomic E-state index is 3.53. The van der Waals surface area contributed by atoms with Crippen molar-refractivity contribution in [2.75, 3.05) is 11.0 Å². The second-order valence-electron chi connectivity index (χ2n) is 4.78. The summed E-state index contributed by atoms with van der Waals surface area (Å²) in [5.74, 6) is 0. The Bertz CT molecular complexity index is 302. The van der Waals surface area contributed by atoms with Crippen LogP contribution in [0.25, 0.3) is 0 Å². The van der Waals surface area contributed by atoms with Gasteiger partial charge in [-0.15, -0.1) is 0 Å². The number of hydrogen-bond donors (Lipinski definition) is 1. The summed E-state index contributed by atoms with van der Waals surface area (Å²) in [6.45, 7) is 6.49. The first-order chi connectivity index (χ1) is 8.22. The van der Waals surface area contributed by atoms with Gasteiger partial charge in [-0.1, -0.05) is 64.8 Å². The van der Waals surface area contributed by atoms with Crippen molar-refractivity contribution in [3.8, 4) is 0 Å². The number of alkyl halides is 1. The molecule has 0 bridgehead atoms. The number of rotatable bonds is 8. The molecule has 0 heterocycles. The molecule has 0 aliphatic carbocycles. The van der Waals surface area contributed by atoms with Crippen molar-refractivity contribution < 1.29 is 0 Å². The molecule has 1 N–H and O–H groups in total. The third-order valence-corrected chi connectivity index (χ3v) is 3.61. The van der Waals surface area contributed by atoms with Gasteiger partial charge < -0.3 is 5.32 Å². The maximum Gasteiger partial charge on any atom is 0.0205 e. The molecular formula is C15H24IN. The number of unbranched alkanes of at least 4 members (excludes halogenated alkanes) is 3. The number of aryl methyl sites for hydroxylation is 2. The van der Waals surface area contributed by atoms with Gasteiger partial charge in [0.15, 0.2) is 0 Å². The summed E-state index contributed by atoms with van der Waals surface area (Å²) in [6.07, 6.45) is 5.43. The van der Waals surface area contributed by atoms with Crippen molar-refractivity contribution >= 4 is 22.6 Å². The van der Waals surface area contributed by atoms with Gasteiger partial charge in [0.05, 0.1) is 0 Å². The van der Waals surface area contributed by atoms with Crippen LogP contribution in [-0.2, 0) is 6.54 Å². The Morgan fingerprint density at radius 3 is 2.24 bits per heavy atom. The fraction of sp³-hybridized carbons (Fsp3) is 0.600. The third-order valence-electron chi connectivity index (χ3n) is 2.85. The molecule has 1 aromatic rings. The SMILES string of the molecule is Cc1cc(C)cc(CNCCCCCCI)c1. The molecule has 0 spiro atoms. The molecule has 0 aromatic heterocycles. The highest BCUT2D eigenvalue weighted by Crippen LogP contribution is 2.08. The van der Waals surface area contributed by atoms with E-state index in [1.807, 2.05) is 0 Å². The minimum atomic E-state index is 1.01. The number of benzene rings is 1. The first-order valence-corrected chi connectivity index (χ1v) is 8.09. The fourth-order valence-electron chi connectivity index (χ4n) is 2.10. The van der Waals surface area contributed by atoms with E-state index in [4.69, 9.17) is 0 Å². The van der Waals surface area contributed by atoms with Crippen molar-refractivity contribution in [1.82, 2.24) is 5.32 Å². The molecule has 1 nitrogen and oxygen atoms in total. The van der Waals surface area contributed by atoms with E-state index in [1.165, 1.54) is 46.8 Å². The Morgan fingerprint density at radius 1 is 0.941 bits per heavy atom. The monoisotopic (exact) mass is 345 g/mol. The molecule has 0 amide bonds. The highest BCUT2D eigenvalue weighted by atomic mass is 127. The molecule has 0 radical (unpaired) electrons. The Labute approximate surface area is 120 Å². The van der Waals surface area contributed by atoms with Crippen LogP contribution in [0.1, 0.15) is 42.4 Å². The summed E-state index contributed by atoms with van der Waals surface area (Å²) in [7, 11) is 0. The van der Waals surface area contributed by atoms with Crippen LogP contribution in [0, 0.1) is 13.8 Å². The van der Waals surface area contributed by atoms with Crippen molar-refractivity contribution in [2.24, 2.45) is 0 Å². The molecule has 1 aromatic carbocycles. The minimum Gasteiger partial charge on any atom is -0.313 e. The average Bonchev–Trinajstić information content (AvgIpc) is 2.26. The summed E-state index contributed by atoms with van der Waals surface area (Å²) in [5, 5.41) is 3.53. The normalized spacial score (nSPS) is 10.8. The number of halogens is 1. The Kier molecular flexibility index (Phi) is 7.86. The predicted octanol–water partition coefficient (Wildman–Crippen LogP) is 4.39. The van der Waals surface area contributed by atoms with Crippen molar-refractivity contribution in [1.29, 1.82) is 0 Å². The van der Waals surface area contributed by atoms with Gasteiger partial charge in [-0.05, 0) is 43.2 Å². The lowest BCUT2D eigenvalue weighted by molar-refractivity contribution is 0.600. The lowest BCUT2D eigenvalue weighted by Gasteiger charge is -2.07. The zero-order valence-corrected chi connectivity index (χ0v) is 13.2. The lowest BCUT2D eigenvalue weighted by Crippen LogP contribution is -2.14. The van der Waals surface area contributed by atoms with Gasteiger partial charge in [-0.3, -0.25) is 0 Å². The quantitative estimate of drug-likeness (QED) is 0.419.